The average molecular weight is 353 g/mol. The van der Waals surface area contributed by atoms with Crippen LogP contribution in [-0.4, -0.2) is 31.6 Å². The SMILES string of the molecule is O=C(NCC12CC3CC(CC(C3)C1)C2)c1ccc(N2CCNC2=O)cc1. The molecule has 5 aliphatic rings. The molecule has 1 heterocycles. The number of amides is 3. The molecule has 1 aromatic carbocycles. The molecule has 0 unspecified atom stereocenters. The van der Waals surface area contributed by atoms with Gasteiger partial charge in [0.15, 0.2) is 0 Å². The van der Waals surface area contributed by atoms with E-state index in [0.29, 0.717) is 24.1 Å². The van der Waals surface area contributed by atoms with E-state index >= 15 is 0 Å². The molecule has 6 rings (SSSR count). The highest BCUT2D eigenvalue weighted by Crippen LogP contribution is 2.59. The molecular weight excluding hydrogens is 326 g/mol. The molecule has 4 bridgehead atoms. The highest BCUT2D eigenvalue weighted by Gasteiger charge is 2.50. The Morgan fingerprint density at radius 1 is 1.08 bits per heavy atom. The molecule has 0 aromatic heterocycles. The largest absolute Gasteiger partial charge is 0.351 e. The topological polar surface area (TPSA) is 61.4 Å². The van der Waals surface area contributed by atoms with Crippen molar-refractivity contribution in [2.45, 2.75) is 38.5 Å². The van der Waals surface area contributed by atoms with E-state index in [1.165, 1.54) is 38.5 Å². The van der Waals surface area contributed by atoms with Crippen LogP contribution in [0.25, 0.3) is 0 Å². The molecular formula is C21H27N3O2. The zero-order chi connectivity index (χ0) is 17.7. The zero-order valence-corrected chi connectivity index (χ0v) is 15.2. The third kappa shape index (κ3) is 2.78. The van der Waals surface area contributed by atoms with Gasteiger partial charge in [0, 0.05) is 30.9 Å². The molecule has 1 aromatic rings. The van der Waals surface area contributed by atoms with Crippen LogP contribution in [0.5, 0.6) is 0 Å². The van der Waals surface area contributed by atoms with Crippen molar-refractivity contribution in [2.24, 2.45) is 23.2 Å². The highest BCUT2D eigenvalue weighted by atomic mass is 16.2. The number of rotatable bonds is 4. The second-order valence-corrected chi connectivity index (χ2v) is 9.03. The minimum absolute atomic E-state index is 0.0122. The standard InChI is InChI=1S/C21H27N3O2/c25-19(17-1-3-18(4-2-17)24-6-5-22-20(24)26)23-13-21-10-14-7-15(11-21)9-16(8-14)12-21/h1-4,14-16H,5-13H2,(H,22,26)(H,23,25). The number of urea groups is 1. The van der Waals surface area contributed by atoms with Crippen molar-refractivity contribution in [1.82, 2.24) is 10.6 Å². The molecule has 138 valence electrons. The van der Waals surface area contributed by atoms with E-state index in [0.717, 1.165) is 30.0 Å². The first kappa shape index (κ1) is 16.2. The quantitative estimate of drug-likeness (QED) is 0.873. The summed E-state index contributed by atoms with van der Waals surface area (Å²) in [6.45, 7) is 2.17. The van der Waals surface area contributed by atoms with Gasteiger partial charge in [-0.25, -0.2) is 4.79 Å². The van der Waals surface area contributed by atoms with Crippen molar-refractivity contribution < 1.29 is 9.59 Å². The summed E-state index contributed by atoms with van der Waals surface area (Å²) in [4.78, 5) is 26.1. The summed E-state index contributed by atoms with van der Waals surface area (Å²) >= 11 is 0. The number of anilines is 1. The molecule has 3 amide bonds. The second-order valence-electron chi connectivity index (χ2n) is 9.03. The van der Waals surface area contributed by atoms with Crippen LogP contribution in [0, 0.1) is 23.2 Å². The Labute approximate surface area is 154 Å². The third-order valence-electron chi connectivity index (χ3n) is 7.09. The summed E-state index contributed by atoms with van der Waals surface area (Å²) in [5, 5.41) is 6.02. The molecule has 5 nitrogen and oxygen atoms in total. The van der Waals surface area contributed by atoms with Crippen molar-refractivity contribution >= 4 is 17.6 Å². The van der Waals surface area contributed by atoms with Gasteiger partial charge in [-0.15, -0.1) is 0 Å². The van der Waals surface area contributed by atoms with Gasteiger partial charge in [0.1, 0.15) is 0 Å². The van der Waals surface area contributed by atoms with E-state index in [2.05, 4.69) is 10.6 Å². The Hall–Kier alpha value is -2.04. The van der Waals surface area contributed by atoms with Crippen molar-refractivity contribution in [3.05, 3.63) is 29.8 Å². The van der Waals surface area contributed by atoms with Gasteiger partial charge < -0.3 is 10.6 Å². The van der Waals surface area contributed by atoms with E-state index in [1.807, 2.05) is 24.3 Å². The van der Waals surface area contributed by atoms with Gasteiger partial charge in [-0.3, -0.25) is 9.69 Å². The Morgan fingerprint density at radius 2 is 1.69 bits per heavy atom. The van der Waals surface area contributed by atoms with Gasteiger partial charge in [-0.2, -0.15) is 0 Å². The Kier molecular flexibility index (Phi) is 3.73. The number of carbonyl (C=O) groups is 2. The molecule has 1 aliphatic heterocycles. The number of hydrogen-bond acceptors (Lipinski definition) is 2. The first-order chi connectivity index (χ1) is 12.6. The van der Waals surface area contributed by atoms with Gasteiger partial charge >= 0.3 is 6.03 Å². The molecule has 0 atom stereocenters. The molecule has 0 radical (unpaired) electrons. The lowest BCUT2D eigenvalue weighted by Crippen LogP contribution is -2.51. The summed E-state index contributed by atoms with van der Waals surface area (Å²) < 4.78 is 0. The van der Waals surface area contributed by atoms with Crippen LogP contribution < -0.4 is 15.5 Å². The minimum atomic E-state index is -0.0657. The lowest BCUT2D eigenvalue weighted by Gasteiger charge is -2.56. The Bertz CT molecular complexity index is 692. The summed E-state index contributed by atoms with van der Waals surface area (Å²) in [6, 6.07) is 7.32. The van der Waals surface area contributed by atoms with E-state index < -0.39 is 0 Å². The fraction of sp³-hybridized carbons (Fsp3) is 0.619. The smallest absolute Gasteiger partial charge is 0.321 e. The number of benzene rings is 1. The fourth-order valence-electron chi connectivity index (χ4n) is 6.39. The van der Waals surface area contributed by atoms with E-state index in [4.69, 9.17) is 0 Å². The number of nitrogens with one attached hydrogen (secondary N) is 2. The van der Waals surface area contributed by atoms with Crippen molar-refractivity contribution in [2.75, 3.05) is 24.5 Å². The summed E-state index contributed by atoms with van der Waals surface area (Å²) in [7, 11) is 0. The van der Waals surface area contributed by atoms with Gasteiger partial charge in [0.25, 0.3) is 5.91 Å². The molecule has 26 heavy (non-hydrogen) atoms. The molecule has 0 spiro atoms. The highest BCUT2D eigenvalue weighted by molar-refractivity contribution is 5.97. The maximum Gasteiger partial charge on any atom is 0.321 e. The summed E-state index contributed by atoms with van der Waals surface area (Å²) in [5.74, 6) is 2.73. The van der Waals surface area contributed by atoms with Crippen molar-refractivity contribution in [1.29, 1.82) is 0 Å². The van der Waals surface area contributed by atoms with Crippen molar-refractivity contribution in [3.63, 3.8) is 0 Å². The second kappa shape index (κ2) is 6.00. The van der Waals surface area contributed by atoms with Gasteiger partial charge in [-0.05, 0) is 86.0 Å². The normalized spacial score (nSPS) is 34.8. The maximum absolute atomic E-state index is 12.6. The van der Waals surface area contributed by atoms with Crippen molar-refractivity contribution in [3.8, 4) is 0 Å². The van der Waals surface area contributed by atoms with E-state index in [9.17, 15) is 9.59 Å². The van der Waals surface area contributed by atoms with Gasteiger partial charge in [0.05, 0.1) is 0 Å². The molecule has 4 saturated carbocycles. The monoisotopic (exact) mass is 353 g/mol. The predicted octanol–water partition coefficient (Wildman–Crippen LogP) is 3.16. The minimum Gasteiger partial charge on any atom is -0.351 e. The van der Waals surface area contributed by atoms with Gasteiger partial charge in [-0.1, -0.05) is 0 Å². The number of nitrogens with zero attached hydrogens (tertiary/aromatic N) is 1. The Balaban J connectivity index is 1.23. The summed E-state index contributed by atoms with van der Waals surface area (Å²) in [6.07, 6.45) is 8.21. The molecule has 5 fully saturated rings. The summed E-state index contributed by atoms with van der Waals surface area (Å²) in [5.41, 5.74) is 1.88. The average Bonchev–Trinajstić information content (AvgIpc) is 3.05. The lowest BCUT2D eigenvalue weighted by atomic mass is 9.49. The maximum atomic E-state index is 12.6. The van der Waals surface area contributed by atoms with Crippen LogP contribution in [0.15, 0.2) is 24.3 Å². The molecule has 5 heteroatoms. The number of hydrogen-bond donors (Lipinski definition) is 2. The Morgan fingerprint density at radius 3 is 2.23 bits per heavy atom. The van der Waals surface area contributed by atoms with Crippen LogP contribution >= 0.6 is 0 Å². The first-order valence-corrected chi connectivity index (χ1v) is 10.0. The fourth-order valence-corrected chi connectivity index (χ4v) is 6.39. The molecule has 4 aliphatic carbocycles. The third-order valence-corrected chi connectivity index (χ3v) is 7.09. The van der Waals surface area contributed by atoms with Crippen LogP contribution in [0.4, 0.5) is 10.5 Å². The van der Waals surface area contributed by atoms with Crippen LogP contribution in [0.2, 0.25) is 0 Å². The van der Waals surface area contributed by atoms with Gasteiger partial charge in [0.2, 0.25) is 0 Å². The van der Waals surface area contributed by atoms with E-state index in [1.54, 1.807) is 4.90 Å². The van der Waals surface area contributed by atoms with E-state index in [-0.39, 0.29) is 11.9 Å². The number of carbonyl (C=O) groups excluding carboxylic acids is 2. The zero-order valence-electron chi connectivity index (χ0n) is 15.2. The van der Waals surface area contributed by atoms with Crippen LogP contribution in [0.1, 0.15) is 48.9 Å². The van der Waals surface area contributed by atoms with Crippen LogP contribution in [-0.2, 0) is 0 Å². The first-order valence-electron chi connectivity index (χ1n) is 10.0. The lowest BCUT2D eigenvalue weighted by molar-refractivity contribution is -0.0503. The predicted molar refractivity (Wildman–Crippen MR) is 100 cm³/mol. The van der Waals surface area contributed by atoms with Crippen LogP contribution in [0.3, 0.4) is 0 Å². The molecule has 2 N–H and O–H groups in total. The molecule has 1 saturated heterocycles.